The highest BCUT2D eigenvalue weighted by Crippen LogP contribution is 2.38. The molecule has 0 N–H and O–H groups in total. The summed E-state index contributed by atoms with van der Waals surface area (Å²) in [5.74, 6) is 0.876. The number of nitrogens with zero attached hydrogens (tertiary/aromatic N) is 3. The van der Waals surface area contributed by atoms with Crippen molar-refractivity contribution in [2.24, 2.45) is 4.99 Å². The topological polar surface area (TPSA) is 68.4 Å². The molecule has 4 aromatic carbocycles. The van der Waals surface area contributed by atoms with Crippen LogP contribution in [-0.2, 0) is 12.2 Å². The van der Waals surface area contributed by atoms with E-state index in [1.807, 2.05) is 18.2 Å². The van der Waals surface area contributed by atoms with Crippen molar-refractivity contribution < 1.29 is 4.92 Å². The van der Waals surface area contributed by atoms with Gasteiger partial charge in [0.1, 0.15) is 0 Å². The van der Waals surface area contributed by atoms with Crippen LogP contribution in [0.3, 0.4) is 0 Å². The average molecular weight is 494 g/mol. The molecule has 0 saturated carbocycles. The number of nitro benzene ring substituents is 1. The van der Waals surface area contributed by atoms with E-state index < -0.39 is 4.92 Å². The van der Waals surface area contributed by atoms with E-state index in [0.29, 0.717) is 5.56 Å². The number of hydrogen-bond acceptors (Lipinski definition) is 6. The van der Waals surface area contributed by atoms with Crippen LogP contribution in [0.15, 0.2) is 94.3 Å². The molecule has 0 unspecified atom stereocenters. The molecule has 5 nitrogen and oxygen atoms in total. The lowest BCUT2D eigenvalue weighted by Crippen LogP contribution is -1.89. The molecule has 0 amide bonds. The van der Waals surface area contributed by atoms with Crippen LogP contribution in [0.2, 0.25) is 0 Å². The Balaban J connectivity index is 1.16. The van der Waals surface area contributed by atoms with E-state index in [1.165, 1.54) is 39.9 Å². The maximum Gasteiger partial charge on any atom is 0.270 e. The lowest BCUT2D eigenvalue weighted by atomic mass is 10.0. The zero-order valence-electron chi connectivity index (χ0n) is 18.5. The fraction of sp³-hybridized carbons (Fsp3) is 0.0714. The number of hydrogen-bond donors (Lipinski definition) is 0. The number of benzene rings is 4. The molecule has 170 valence electrons. The molecule has 35 heavy (non-hydrogen) atoms. The summed E-state index contributed by atoms with van der Waals surface area (Å²) in [6, 6.07) is 27.8. The van der Waals surface area contributed by atoms with Crippen molar-refractivity contribution in [3.05, 3.63) is 117 Å². The molecule has 1 aromatic heterocycles. The number of rotatable bonds is 6. The van der Waals surface area contributed by atoms with Gasteiger partial charge in [0.15, 0.2) is 4.34 Å². The summed E-state index contributed by atoms with van der Waals surface area (Å²) in [7, 11) is 0. The summed E-state index contributed by atoms with van der Waals surface area (Å²) < 4.78 is 2.11. The molecule has 7 heteroatoms. The molecule has 0 atom stereocenters. The first kappa shape index (κ1) is 21.7. The number of thiazole rings is 1. The maximum atomic E-state index is 11.0. The van der Waals surface area contributed by atoms with Gasteiger partial charge in [-0.3, -0.25) is 15.1 Å². The van der Waals surface area contributed by atoms with Crippen molar-refractivity contribution in [2.75, 3.05) is 0 Å². The lowest BCUT2D eigenvalue weighted by Gasteiger charge is -2.04. The highest BCUT2D eigenvalue weighted by Gasteiger charge is 2.18. The predicted octanol–water partition coefficient (Wildman–Crippen LogP) is 7.82. The third-order valence-electron chi connectivity index (χ3n) is 6.02. The zero-order chi connectivity index (χ0) is 23.8. The molecule has 0 aliphatic heterocycles. The lowest BCUT2D eigenvalue weighted by molar-refractivity contribution is -0.384. The van der Waals surface area contributed by atoms with Crippen LogP contribution in [0.25, 0.3) is 21.3 Å². The summed E-state index contributed by atoms with van der Waals surface area (Å²) in [5, 5.41) is 11.0. The Kier molecular flexibility index (Phi) is 5.64. The van der Waals surface area contributed by atoms with Gasteiger partial charge in [-0.15, -0.1) is 11.3 Å². The van der Waals surface area contributed by atoms with E-state index in [2.05, 4.69) is 47.5 Å². The first-order valence-electron chi connectivity index (χ1n) is 11.1. The fourth-order valence-electron chi connectivity index (χ4n) is 4.34. The summed E-state index contributed by atoms with van der Waals surface area (Å²) in [4.78, 5) is 19.9. The van der Waals surface area contributed by atoms with Gasteiger partial charge in [-0.05, 0) is 58.0 Å². The Morgan fingerprint density at radius 3 is 2.77 bits per heavy atom. The van der Waals surface area contributed by atoms with Crippen LogP contribution < -0.4 is 0 Å². The van der Waals surface area contributed by atoms with Crippen LogP contribution in [0.1, 0.15) is 22.3 Å². The molecule has 6 rings (SSSR count). The SMILES string of the molecule is O=[N+]([O-])c1cccc(C=Nc2ccc3nc(SCc4ccc5c(c4)Cc4ccccc4-5)sc3c2)c1. The Labute approximate surface area is 210 Å². The Bertz CT molecular complexity index is 1620. The fourth-order valence-corrected chi connectivity index (χ4v) is 6.38. The second kappa shape index (κ2) is 9.09. The number of non-ortho nitro benzene ring substituents is 1. The molecular formula is C28H19N3O2S2. The molecule has 5 aromatic rings. The highest BCUT2D eigenvalue weighted by molar-refractivity contribution is 8.00. The molecular weight excluding hydrogens is 474 g/mol. The monoisotopic (exact) mass is 493 g/mol. The van der Waals surface area contributed by atoms with Crippen LogP contribution in [0.4, 0.5) is 11.4 Å². The van der Waals surface area contributed by atoms with Gasteiger partial charge in [0, 0.05) is 24.1 Å². The molecule has 0 fully saturated rings. The summed E-state index contributed by atoms with van der Waals surface area (Å²) in [6.45, 7) is 0. The minimum Gasteiger partial charge on any atom is -0.258 e. The van der Waals surface area contributed by atoms with Gasteiger partial charge in [0.05, 0.1) is 20.8 Å². The van der Waals surface area contributed by atoms with Gasteiger partial charge in [0.25, 0.3) is 5.69 Å². The van der Waals surface area contributed by atoms with Crippen molar-refractivity contribution in [1.82, 2.24) is 4.98 Å². The van der Waals surface area contributed by atoms with Crippen molar-refractivity contribution in [3.8, 4) is 11.1 Å². The van der Waals surface area contributed by atoms with Gasteiger partial charge in [0.2, 0.25) is 0 Å². The number of nitro groups is 1. The second-order valence-corrected chi connectivity index (χ2v) is 10.6. The van der Waals surface area contributed by atoms with Crippen molar-refractivity contribution in [3.63, 3.8) is 0 Å². The third-order valence-corrected chi connectivity index (χ3v) is 8.25. The molecule has 0 bridgehead atoms. The normalized spacial score (nSPS) is 12.2. The Morgan fingerprint density at radius 1 is 0.971 bits per heavy atom. The molecule has 1 aliphatic carbocycles. The minimum absolute atomic E-state index is 0.0569. The molecule has 0 saturated heterocycles. The number of aliphatic imine (C=N–C) groups is 1. The Hall–Kier alpha value is -3.81. The second-order valence-electron chi connectivity index (χ2n) is 8.36. The highest BCUT2D eigenvalue weighted by atomic mass is 32.2. The third kappa shape index (κ3) is 4.48. The minimum atomic E-state index is -0.401. The summed E-state index contributed by atoms with van der Waals surface area (Å²) in [6.07, 6.45) is 2.65. The zero-order valence-corrected chi connectivity index (χ0v) is 20.2. The number of aromatic nitrogens is 1. The van der Waals surface area contributed by atoms with E-state index in [9.17, 15) is 10.1 Å². The van der Waals surface area contributed by atoms with Crippen molar-refractivity contribution >= 4 is 50.9 Å². The van der Waals surface area contributed by atoms with Gasteiger partial charge in [-0.1, -0.05) is 66.4 Å². The van der Waals surface area contributed by atoms with Gasteiger partial charge < -0.3 is 0 Å². The van der Waals surface area contributed by atoms with E-state index in [1.54, 1.807) is 41.4 Å². The summed E-state index contributed by atoms with van der Waals surface area (Å²) >= 11 is 3.42. The van der Waals surface area contributed by atoms with Crippen LogP contribution >= 0.6 is 23.1 Å². The van der Waals surface area contributed by atoms with Crippen LogP contribution in [0.5, 0.6) is 0 Å². The van der Waals surface area contributed by atoms with E-state index in [4.69, 9.17) is 4.98 Å². The summed E-state index contributed by atoms with van der Waals surface area (Å²) in [5.41, 5.74) is 9.33. The smallest absolute Gasteiger partial charge is 0.258 e. The van der Waals surface area contributed by atoms with E-state index in [-0.39, 0.29) is 5.69 Å². The van der Waals surface area contributed by atoms with E-state index in [0.717, 1.165) is 32.4 Å². The average Bonchev–Trinajstić information content (AvgIpc) is 3.46. The van der Waals surface area contributed by atoms with Crippen molar-refractivity contribution in [2.45, 2.75) is 16.5 Å². The standard InChI is InChI=1S/C28H19N3O2S2/c32-31(33)23-6-3-4-18(13-23)16-29-22-9-11-26-27(15-22)35-28(30-26)34-17-19-8-10-25-21(12-19)14-20-5-1-2-7-24(20)25/h1-13,15-16H,14,17H2. The largest absolute Gasteiger partial charge is 0.270 e. The quantitative estimate of drug-likeness (QED) is 0.103. The Morgan fingerprint density at radius 2 is 1.86 bits per heavy atom. The maximum absolute atomic E-state index is 11.0. The molecule has 0 radical (unpaired) electrons. The van der Waals surface area contributed by atoms with Crippen LogP contribution in [-0.4, -0.2) is 16.1 Å². The molecule has 1 heterocycles. The molecule has 1 aliphatic rings. The van der Waals surface area contributed by atoms with Crippen molar-refractivity contribution in [1.29, 1.82) is 0 Å². The van der Waals surface area contributed by atoms with Crippen LogP contribution in [0, 0.1) is 10.1 Å². The number of thioether (sulfide) groups is 1. The number of fused-ring (bicyclic) bond motifs is 4. The first-order chi connectivity index (χ1) is 17.1. The predicted molar refractivity (Wildman–Crippen MR) is 144 cm³/mol. The molecule has 0 spiro atoms. The van der Waals surface area contributed by atoms with Gasteiger partial charge in [-0.25, -0.2) is 4.98 Å². The van der Waals surface area contributed by atoms with E-state index >= 15 is 0 Å². The van der Waals surface area contributed by atoms with Gasteiger partial charge in [-0.2, -0.15) is 0 Å². The van der Waals surface area contributed by atoms with Gasteiger partial charge >= 0.3 is 0 Å². The first-order valence-corrected chi connectivity index (χ1v) is 12.9.